The number of ether oxygens (including phenoxy) is 1. The predicted molar refractivity (Wildman–Crippen MR) is 136 cm³/mol. The van der Waals surface area contributed by atoms with Crippen LogP contribution in [-0.2, 0) is 11.2 Å². The number of methoxy groups -OCH3 is 1. The van der Waals surface area contributed by atoms with Crippen molar-refractivity contribution >= 4 is 40.0 Å². The third-order valence-electron chi connectivity index (χ3n) is 7.45. The van der Waals surface area contributed by atoms with E-state index in [1.54, 1.807) is 0 Å². The number of aromatic amines is 1. The first-order valence-electron chi connectivity index (χ1n) is 12.0. The van der Waals surface area contributed by atoms with E-state index in [2.05, 4.69) is 21.2 Å². The fourth-order valence-corrected chi connectivity index (χ4v) is 5.82. The highest BCUT2D eigenvalue weighted by molar-refractivity contribution is 6.42. The van der Waals surface area contributed by atoms with Crippen LogP contribution in [-0.4, -0.2) is 71.3 Å². The fourth-order valence-electron chi connectivity index (χ4n) is 5.50. The summed E-state index contributed by atoms with van der Waals surface area (Å²) in [6, 6.07) is 14.2. The van der Waals surface area contributed by atoms with Crippen molar-refractivity contribution in [2.45, 2.75) is 37.8 Å². The molecule has 2 aromatic carbocycles. The molecule has 2 atom stereocenters. The molecular weight excluding hydrogens is 471 g/mol. The van der Waals surface area contributed by atoms with Crippen molar-refractivity contribution < 1.29 is 9.53 Å². The van der Waals surface area contributed by atoms with Gasteiger partial charge in [-0.2, -0.15) is 5.10 Å². The molecule has 2 fully saturated rings. The van der Waals surface area contributed by atoms with Gasteiger partial charge in [-0.3, -0.25) is 14.8 Å². The van der Waals surface area contributed by atoms with Gasteiger partial charge in [-0.25, -0.2) is 0 Å². The minimum absolute atomic E-state index is 0.0194. The minimum atomic E-state index is 0.0194. The highest BCUT2D eigenvalue weighted by Crippen LogP contribution is 2.30. The molecule has 5 rings (SSSR count). The van der Waals surface area contributed by atoms with Gasteiger partial charge in [0.05, 0.1) is 21.7 Å². The van der Waals surface area contributed by atoms with Gasteiger partial charge in [-0.15, -0.1) is 0 Å². The number of amides is 1. The molecule has 2 aliphatic rings. The third kappa shape index (κ3) is 4.82. The maximum Gasteiger partial charge on any atom is 0.274 e. The number of H-pyrrole nitrogens is 1. The summed E-state index contributed by atoms with van der Waals surface area (Å²) < 4.78 is 5.92. The zero-order valence-corrected chi connectivity index (χ0v) is 20.9. The van der Waals surface area contributed by atoms with Crippen molar-refractivity contribution in [2.75, 3.05) is 33.3 Å². The standard InChI is InChI=1S/C26H30Cl2N4O2/c1-34-24-16-32(11-8-18(24)14-17-6-7-21(27)22(28)15-17)19-9-12-31(13-10-19)26(33)25-20-4-2-3-5-23(20)29-30-25/h2-7,15,18-19,24H,8-14,16H2,1H3,(H,29,30)/t18-,24-/m1/s1. The Morgan fingerprint density at radius 3 is 2.65 bits per heavy atom. The van der Waals surface area contributed by atoms with E-state index in [1.165, 1.54) is 5.56 Å². The Balaban J connectivity index is 1.17. The van der Waals surface area contributed by atoms with Crippen LogP contribution < -0.4 is 0 Å². The highest BCUT2D eigenvalue weighted by atomic mass is 35.5. The van der Waals surface area contributed by atoms with Crippen LogP contribution in [0.25, 0.3) is 10.9 Å². The van der Waals surface area contributed by atoms with Gasteiger partial charge in [0.15, 0.2) is 5.69 Å². The number of benzene rings is 2. The van der Waals surface area contributed by atoms with Crippen LogP contribution in [0.3, 0.4) is 0 Å². The fraction of sp³-hybridized carbons (Fsp3) is 0.462. The van der Waals surface area contributed by atoms with Crippen molar-refractivity contribution in [2.24, 2.45) is 5.92 Å². The van der Waals surface area contributed by atoms with E-state index in [9.17, 15) is 4.79 Å². The molecule has 6 nitrogen and oxygen atoms in total. The Morgan fingerprint density at radius 2 is 1.88 bits per heavy atom. The number of fused-ring (bicyclic) bond motifs is 1. The Hall–Kier alpha value is -2.12. The summed E-state index contributed by atoms with van der Waals surface area (Å²) in [5, 5.41) is 9.36. The summed E-state index contributed by atoms with van der Waals surface area (Å²) in [5.41, 5.74) is 2.62. The number of carbonyl (C=O) groups is 1. The summed E-state index contributed by atoms with van der Waals surface area (Å²) >= 11 is 12.3. The number of halogens is 2. The molecule has 2 aliphatic heterocycles. The largest absolute Gasteiger partial charge is 0.380 e. The number of rotatable bonds is 5. The number of para-hydroxylation sites is 1. The van der Waals surface area contributed by atoms with Crippen LogP contribution >= 0.6 is 23.2 Å². The van der Waals surface area contributed by atoms with Crippen molar-refractivity contribution in [1.29, 1.82) is 0 Å². The quantitative estimate of drug-likeness (QED) is 0.532. The maximum atomic E-state index is 13.1. The van der Waals surface area contributed by atoms with Gasteiger partial charge >= 0.3 is 0 Å². The lowest BCUT2D eigenvalue weighted by molar-refractivity contribution is -0.0325. The SMILES string of the molecule is CO[C@@H]1CN(C2CCN(C(=O)c3n[nH]c4ccccc34)CC2)CC[C@@H]1Cc1ccc(Cl)c(Cl)c1. The van der Waals surface area contributed by atoms with E-state index in [0.717, 1.165) is 62.8 Å². The molecule has 1 aromatic heterocycles. The van der Waals surface area contributed by atoms with Gasteiger partial charge in [-0.1, -0.05) is 47.5 Å². The van der Waals surface area contributed by atoms with E-state index in [-0.39, 0.29) is 12.0 Å². The summed E-state index contributed by atoms with van der Waals surface area (Å²) in [6.45, 7) is 3.48. The predicted octanol–water partition coefficient (Wildman–Crippen LogP) is 5.05. The first kappa shape index (κ1) is 23.6. The molecule has 0 unspecified atom stereocenters. The molecule has 2 saturated heterocycles. The summed E-state index contributed by atoms with van der Waals surface area (Å²) in [7, 11) is 1.81. The summed E-state index contributed by atoms with van der Waals surface area (Å²) in [5.74, 6) is 0.471. The topological polar surface area (TPSA) is 61.5 Å². The van der Waals surface area contributed by atoms with Crippen LogP contribution in [0.15, 0.2) is 42.5 Å². The summed E-state index contributed by atoms with van der Waals surface area (Å²) in [4.78, 5) is 17.6. The molecule has 34 heavy (non-hydrogen) atoms. The molecule has 0 bridgehead atoms. The molecule has 180 valence electrons. The number of hydrogen-bond acceptors (Lipinski definition) is 4. The Labute approximate surface area is 210 Å². The van der Waals surface area contributed by atoms with Gasteiger partial charge in [-0.05, 0) is 61.9 Å². The van der Waals surface area contributed by atoms with Gasteiger partial charge < -0.3 is 9.64 Å². The summed E-state index contributed by atoms with van der Waals surface area (Å²) in [6.07, 6.45) is 4.15. The van der Waals surface area contributed by atoms with Crippen LogP contribution in [0.5, 0.6) is 0 Å². The third-order valence-corrected chi connectivity index (χ3v) is 8.19. The van der Waals surface area contributed by atoms with E-state index < -0.39 is 0 Å². The van der Waals surface area contributed by atoms with Gasteiger partial charge in [0.25, 0.3) is 5.91 Å². The second-order valence-corrected chi connectivity index (χ2v) is 10.2. The molecule has 3 aromatic rings. The molecule has 0 radical (unpaired) electrons. The molecule has 0 saturated carbocycles. The highest BCUT2D eigenvalue weighted by Gasteiger charge is 2.35. The number of nitrogens with one attached hydrogen (secondary N) is 1. The monoisotopic (exact) mass is 500 g/mol. The average Bonchev–Trinajstić information content (AvgIpc) is 3.30. The number of piperidine rings is 2. The Bertz CT molecular complexity index is 1160. The van der Waals surface area contributed by atoms with Crippen LogP contribution in [0.1, 0.15) is 35.3 Å². The van der Waals surface area contributed by atoms with Gasteiger partial charge in [0.2, 0.25) is 0 Å². The number of carbonyl (C=O) groups excluding carboxylic acids is 1. The molecular formula is C26H30Cl2N4O2. The van der Waals surface area contributed by atoms with E-state index >= 15 is 0 Å². The molecule has 1 amide bonds. The van der Waals surface area contributed by atoms with Crippen LogP contribution in [0.2, 0.25) is 10.0 Å². The number of nitrogens with zero attached hydrogens (tertiary/aromatic N) is 3. The van der Waals surface area contributed by atoms with Gasteiger partial charge in [0, 0.05) is 38.2 Å². The number of hydrogen-bond donors (Lipinski definition) is 1. The van der Waals surface area contributed by atoms with Crippen molar-refractivity contribution in [3.8, 4) is 0 Å². The second-order valence-electron chi connectivity index (χ2n) is 9.41. The molecule has 0 aliphatic carbocycles. The maximum absolute atomic E-state index is 13.1. The number of aromatic nitrogens is 2. The van der Waals surface area contributed by atoms with E-state index in [4.69, 9.17) is 27.9 Å². The van der Waals surface area contributed by atoms with Crippen LogP contribution in [0.4, 0.5) is 0 Å². The normalized spacial score (nSPS) is 22.4. The number of likely N-dealkylation sites (tertiary alicyclic amines) is 2. The molecule has 0 spiro atoms. The minimum Gasteiger partial charge on any atom is -0.380 e. The van der Waals surface area contributed by atoms with E-state index in [1.807, 2.05) is 48.4 Å². The van der Waals surface area contributed by atoms with Crippen molar-refractivity contribution in [3.63, 3.8) is 0 Å². The first-order valence-corrected chi connectivity index (χ1v) is 12.7. The zero-order chi connectivity index (χ0) is 23.7. The average molecular weight is 501 g/mol. The molecule has 8 heteroatoms. The van der Waals surface area contributed by atoms with E-state index in [0.29, 0.717) is 27.7 Å². The second kappa shape index (κ2) is 10.2. The Morgan fingerprint density at radius 1 is 1.09 bits per heavy atom. The lowest BCUT2D eigenvalue weighted by Gasteiger charge is -2.44. The van der Waals surface area contributed by atoms with Crippen molar-refractivity contribution in [1.82, 2.24) is 20.0 Å². The van der Waals surface area contributed by atoms with Crippen molar-refractivity contribution in [3.05, 3.63) is 63.8 Å². The lowest BCUT2D eigenvalue weighted by Crippen LogP contribution is -2.53. The van der Waals surface area contributed by atoms with Gasteiger partial charge in [0.1, 0.15) is 0 Å². The molecule has 3 heterocycles. The molecule has 1 N–H and O–H groups in total. The lowest BCUT2D eigenvalue weighted by atomic mass is 9.86. The van der Waals surface area contributed by atoms with Crippen LogP contribution in [0, 0.1) is 5.92 Å². The Kier molecular flexibility index (Phi) is 7.11. The smallest absolute Gasteiger partial charge is 0.274 e. The zero-order valence-electron chi connectivity index (χ0n) is 19.3. The first-order chi connectivity index (χ1) is 16.5.